The van der Waals surface area contributed by atoms with Crippen molar-refractivity contribution in [2.75, 3.05) is 5.43 Å². The second-order valence-electron chi connectivity index (χ2n) is 4.74. The van der Waals surface area contributed by atoms with Gasteiger partial charge in [-0.1, -0.05) is 23.4 Å². The first kappa shape index (κ1) is 17.4. The van der Waals surface area contributed by atoms with Gasteiger partial charge in [-0.2, -0.15) is 5.10 Å². The zero-order valence-electron chi connectivity index (χ0n) is 12.6. The molecule has 126 valence electrons. The van der Waals surface area contributed by atoms with Crippen LogP contribution < -0.4 is 5.43 Å². The molecule has 0 atom stereocenters. The summed E-state index contributed by atoms with van der Waals surface area (Å²) in [6.45, 7) is 0. The highest BCUT2D eigenvalue weighted by Gasteiger charge is 2.04. The molecular weight excluding hydrogens is 380 g/mol. The zero-order chi connectivity index (χ0) is 17.6. The molecule has 2 heterocycles. The van der Waals surface area contributed by atoms with E-state index in [1.54, 1.807) is 29.3 Å². The van der Waals surface area contributed by atoms with Gasteiger partial charge in [0.15, 0.2) is 0 Å². The van der Waals surface area contributed by atoms with E-state index in [0.29, 0.717) is 10.8 Å². The second-order valence-corrected chi connectivity index (χ2v) is 7.67. The molecule has 25 heavy (non-hydrogen) atoms. The molecule has 0 bridgehead atoms. The van der Waals surface area contributed by atoms with Gasteiger partial charge in [0, 0.05) is 20.9 Å². The fraction of sp³-hybridized carbons (Fsp3) is 0. The van der Waals surface area contributed by atoms with E-state index in [4.69, 9.17) is 11.6 Å². The van der Waals surface area contributed by atoms with Gasteiger partial charge in [0.1, 0.15) is 12.0 Å². The molecule has 0 saturated heterocycles. The molecule has 0 fully saturated rings. The van der Waals surface area contributed by atoms with E-state index < -0.39 is 4.92 Å². The molecule has 0 spiro atoms. The highest BCUT2D eigenvalue weighted by atomic mass is 35.5. The SMILES string of the molecule is O=[N+]([O-])c1ccc(N/N=C\c2ccc(Sc3ccc(Cl)cc3)s2)nc1. The van der Waals surface area contributed by atoms with Crippen molar-refractivity contribution in [3.8, 4) is 0 Å². The maximum Gasteiger partial charge on any atom is 0.287 e. The molecule has 1 N–H and O–H groups in total. The van der Waals surface area contributed by atoms with Crippen molar-refractivity contribution in [1.29, 1.82) is 0 Å². The number of benzene rings is 1. The topological polar surface area (TPSA) is 80.4 Å². The summed E-state index contributed by atoms with van der Waals surface area (Å²) in [5.74, 6) is 0.439. The number of anilines is 1. The van der Waals surface area contributed by atoms with Gasteiger partial charge in [-0.3, -0.25) is 15.5 Å². The van der Waals surface area contributed by atoms with E-state index in [2.05, 4.69) is 15.5 Å². The Morgan fingerprint density at radius 2 is 2.00 bits per heavy atom. The lowest BCUT2D eigenvalue weighted by Crippen LogP contribution is -1.94. The minimum atomic E-state index is -0.494. The second kappa shape index (κ2) is 8.11. The predicted molar refractivity (Wildman–Crippen MR) is 102 cm³/mol. The van der Waals surface area contributed by atoms with Crippen LogP contribution in [0, 0.1) is 10.1 Å². The number of thiophene rings is 1. The van der Waals surface area contributed by atoms with Crippen LogP contribution >= 0.6 is 34.7 Å². The minimum Gasteiger partial charge on any atom is -0.261 e. The molecule has 2 aromatic heterocycles. The summed E-state index contributed by atoms with van der Waals surface area (Å²) in [6.07, 6.45) is 2.86. The molecule has 0 aliphatic carbocycles. The van der Waals surface area contributed by atoms with Gasteiger partial charge in [0.05, 0.1) is 15.3 Å². The van der Waals surface area contributed by atoms with Gasteiger partial charge in [-0.25, -0.2) is 4.98 Å². The third-order valence-corrected chi connectivity index (χ3v) is 5.38. The molecular formula is C16H11ClN4O2S2. The van der Waals surface area contributed by atoms with Crippen molar-refractivity contribution in [1.82, 2.24) is 4.98 Å². The van der Waals surface area contributed by atoms with Gasteiger partial charge in [-0.15, -0.1) is 11.3 Å². The van der Waals surface area contributed by atoms with E-state index in [1.807, 2.05) is 36.4 Å². The van der Waals surface area contributed by atoms with Crippen LogP contribution in [0.25, 0.3) is 0 Å². The fourth-order valence-corrected chi connectivity index (χ4v) is 3.92. The first-order valence-electron chi connectivity index (χ1n) is 7.03. The summed E-state index contributed by atoms with van der Waals surface area (Å²) in [6, 6.07) is 14.5. The summed E-state index contributed by atoms with van der Waals surface area (Å²) < 4.78 is 1.14. The lowest BCUT2D eigenvalue weighted by Gasteiger charge is -1.98. The number of hydrogen-bond acceptors (Lipinski definition) is 7. The molecule has 6 nitrogen and oxygen atoms in total. The Hall–Kier alpha value is -2.42. The van der Waals surface area contributed by atoms with Gasteiger partial charge in [0.25, 0.3) is 5.69 Å². The van der Waals surface area contributed by atoms with Crippen molar-refractivity contribution >= 4 is 52.4 Å². The third kappa shape index (κ3) is 5.02. The first-order chi connectivity index (χ1) is 12.1. The maximum atomic E-state index is 10.6. The average molecular weight is 391 g/mol. The standard InChI is InChI=1S/C16H11ClN4O2S2/c17-11-1-4-13(5-2-11)24-16-8-6-14(25-16)10-19-20-15-7-3-12(9-18-15)21(22)23/h1-10H,(H,18,20)/b19-10-. The Morgan fingerprint density at radius 3 is 2.68 bits per heavy atom. The van der Waals surface area contributed by atoms with E-state index in [1.165, 1.54) is 18.3 Å². The number of nitrogens with zero attached hydrogens (tertiary/aromatic N) is 3. The summed E-state index contributed by atoms with van der Waals surface area (Å²) in [7, 11) is 0. The average Bonchev–Trinajstić information content (AvgIpc) is 3.05. The summed E-state index contributed by atoms with van der Waals surface area (Å²) >= 11 is 9.14. The van der Waals surface area contributed by atoms with Gasteiger partial charge in [0.2, 0.25) is 0 Å². The normalized spacial score (nSPS) is 10.9. The number of pyridine rings is 1. The van der Waals surface area contributed by atoms with E-state index >= 15 is 0 Å². The third-order valence-electron chi connectivity index (χ3n) is 2.96. The molecule has 3 aromatic rings. The number of hydrazone groups is 1. The minimum absolute atomic E-state index is 0.0587. The van der Waals surface area contributed by atoms with Gasteiger partial charge in [-0.05, 0) is 42.5 Å². The van der Waals surface area contributed by atoms with Crippen LogP contribution in [0.4, 0.5) is 11.5 Å². The monoisotopic (exact) mass is 390 g/mol. The quantitative estimate of drug-likeness (QED) is 0.351. The Morgan fingerprint density at radius 1 is 1.20 bits per heavy atom. The predicted octanol–water partition coefficient (Wildman–Crippen LogP) is 5.30. The molecule has 0 aliphatic rings. The van der Waals surface area contributed by atoms with Crippen LogP contribution in [0.2, 0.25) is 5.02 Å². The van der Waals surface area contributed by atoms with Gasteiger partial charge < -0.3 is 0 Å². The number of nitro groups is 1. The Kier molecular flexibility index (Phi) is 5.64. The maximum absolute atomic E-state index is 10.6. The molecule has 3 rings (SSSR count). The van der Waals surface area contributed by atoms with Crippen LogP contribution in [0.3, 0.4) is 0 Å². The van der Waals surface area contributed by atoms with Crippen LogP contribution in [0.1, 0.15) is 4.88 Å². The number of nitrogens with one attached hydrogen (secondary N) is 1. The highest BCUT2D eigenvalue weighted by Crippen LogP contribution is 2.33. The highest BCUT2D eigenvalue weighted by molar-refractivity contribution is 8.01. The van der Waals surface area contributed by atoms with Crippen molar-refractivity contribution < 1.29 is 4.92 Å². The van der Waals surface area contributed by atoms with E-state index in [0.717, 1.165) is 14.0 Å². The lowest BCUT2D eigenvalue weighted by molar-refractivity contribution is -0.385. The van der Waals surface area contributed by atoms with Crippen molar-refractivity contribution in [3.05, 3.63) is 74.7 Å². The molecule has 0 unspecified atom stereocenters. The Bertz CT molecular complexity index is 895. The van der Waals surface area contributed by atoms with Crippen molar-refractivity contribution in [2.24, 2.45) is 5.10 Å². The van der Waals surface area contributed by atoms with E-state index in [9.17, 15) is 10.1 Å². The van der Waals surface area contributed by atoms with Crippen LogP contribution in [-0.4, -0.2) is 16.1 Å². The van der Waals surface area contributed by atoms with Crippen LogP contribution in [0.15, 0.2) is 68.9 Å². The zero-order valence-corrected chi connectivity index (χ0v) is 15.0. The summed E-state index contributed by atoms with van der Waals surface area (Å²) in [5.41, 5.74) is 2.69. The molecule has 9 heteroatoms. The first-order valence-corrected chi connectivity index (χ1v) is 9.04. The molecule has 0 radical (unpaired) electrons. The summed E-state index contributed by atoms with van der Waals surface area (Å²) in [5, 5.41) is 15.4. The number of halogens is 1. The van der Waals surface area contributed by atoms with Crippen LogP contribution in [-0.2, 0) is 0 Å². The molecule has 0 amide bonds. The summed E-state index contributed by atoms with van der Waals surface area (Å²) in [4.78, 5) is 16.1. The van der Waals surface area contributed by atoms with Gasteiger partial charge >= 0.3 is 0 Å². The Labute approximate surface area is 156 Å². The van der Waals surface area contributed by atoms with E-state index in [-0.39, 0.29) is 5.69 Å². The smallest absolute Gasteiger partial charge is 0.261 e. The molecule has 0 aliphatic heterocycles. The van der Waals surface area contributed by atoms with Crippen molar-refractivity contribution in [2.45, 2.75) is 9.10 Å². The molecule has 1 aromatic carbocycles. The molecule has 0 saturated carbocycles. The van der Waals surface area contributed by atoms with Crippen molar-refractivity contribution in [3.63, 3.8) is 0 Å². The number of hydrogen-bond donors (Lipinski definition) is 1. The van der Waals surface area contributed by atoms with Crippen LogP contribution in [0.5, 0.6) is 0 Å². The largest absolute Gasteiger partial charge is 0.287 e. The number of rotatable bonds is 6. The number of aromatic nitrogens is 1. The Balaban J connectivity index is 1.58. The fourth-order valence-electron chi connectivity index (χ4n) is 1.80. The lowest BCUT2D eigenvalue weighted by atomic mass is 10.4.